The fourth-order valence-corrected chi connectivity index (χ4v) is 2.12. The van der Waals surface area contributed by atoms with E-state index in [1.807, 2.05) is 10.8 Å². The second kappa shape index (κ2) is 7.54. The average Bonchev–Trinajstić information content (AvgIpc) is 2.97. The number of carbonyl (C=O) groups is 1. The third kappa shape index (κ3) is 4.39. The molecule has 1 aromatic heterocycles. The molecular formula is C14H17ClN4O2. The number of methoxy groups -OCH3 is 1. The van der Waals surface area contributed by atoms with Gasteiger partial charge in [0.2, 0.25) is 0 Å². The lowest BCUT2D eigenvalue weighted by Crippen LogP contribution is -2.30. The average molecular weight is 309 g/mol. The van der Waals surface area contributed by atoms with Gasteiger partial charge in [-0.25, -0.2) is 9.78 Å². The predicted octanol–water partition coefficient (Wildman–Crippen LogP) is 2.76. The van der Waals surface area contributed by atoms with E-state index in [-0.39, 0.29) is 6.03 Å². The van der Waals surface area contributed by atoms with Crippen molar-refractivity contribution < 1.29 is 9.53 Å². The van der Waals surface area contributed by atoms with Crippen LogP contribution in [0.3, 0.4) is 0 Å². The minimum atomic E-state index is -0.291. The van der Waals surface area contributed by atoms with Crippen LogP contribution in [-0.2, 0) is 6.54 Å². The van der Waals surface area contributed by atoms with Gasteiger partial charge in [0.05, 0.1) is 24.1 Å². The largest absolute Gasteiger partial charge is 0.493 e. The lowest BCUT2D eigenvalue weighted by Gasteiger charge is -2.12. The molecule has 6 nitrogen and oxygen atoms in total. The first-order valence-electron chi connectivity index (χ1n) is 6.54. The number of imidazole rings is 1. The van der Waals surface area contributed by atoms with Crippen LogP contribution in [0, 0.1) is 0 Å². The molecule has 1 aromatic carbocycles. The number of carbonyl (C=O) groups excluding carboxylic acids is 1. The number of hydrogen-bond donors (Lipinski definition) is 2. The molecule has 1 heterocycles. The summed E-state index contributed by atoms with van der Waals surface area (Å²) in [6.45, 7) is 1.37. The summed E-state index contributed by atoms with van der Waals surface area (Å²) in [4.78, 5) is 15.8. The van der Waals surface area contributed by atoms with Crippen LogP contribution in [0.1, 0.15) is 6.42 Å². The van der Waals surface area contributed by atoms with E-state index in [0.29, 0.717) is 23.0 Å². The summed E-state index contributed by atoms with van der Waals surface area (Å²) in [5.41, 5.74) is 0.539. The maximum absolute atomic E-state index is 11.8. The summed E-state index contributed by atoms with van der Waals surface area (Å²) < 4.78 is 7.12. The van der Waals surface area contributed by atoms with Crippen molar-refractivity contribution in [2.45, 2.75) is 13.0 Å². The Morgan fingerprint density at radius 1 is 1.48 bits per heavy atom. The van der Waals surface area contributed by atoms with E-state index in [9.17, 15) is 4.79 Å². The van der Waals surface area contributed by atoms with E-state index in [2.05, 4.69) is 15.6 Å². The van der Waals surface area contributed by atoms with Crippen LogP contribution in [0.15, 0.2) is 36.9 Å². The number of para-hydroxylation sites is 1. The van der Waals surface area contributed by atoms with Gasteiger partial charge in [0, 0.05) is 25.5 Å². The molecule has 0 bridgehead atoms. The number of amides is 2. The van der Waals surface area contributed by atoms with Crippen LogP contribution in [0.2, 0.25) is 5.02 Å². The molecule has 0 unspecified atom stereocenters. The topological polar surface area (TPSA) is 68.2 Å². The van der Waals surface area contributed by atoms with Crippen molar-refractivity contribution in [1.82, 2.24) is 14.9 Å². The Kier molecular flexibility index (Phi) is 5.45. The van der Waals surface area contributed by atoms with Gasteiger partial charge < -0.3 is 19.9 Å². The molecule has 0 saturated carbocycles. The van der Waals surface area contributed by atoms with Gasteiger partial charge in [0.25, 0.3) is 0 Å². The highest BCUT2D eigenvalue weighted by atomic mass is 35.5. The minimum absolute atomic E-state index is 0.291. The van der Waals surface area contributed by atoms with E-state index >= 15 is 0 Å². The quantitative estimate of drug-likeness (QED) is 0.806. The Labute approximate surface area is 128 Å². The number of rotatable bonds is 6. The van der Waals surface area contributed by atoms with Crippen LogP contribution in [0.5, 0.6) is 5.75 Å². The van der Waals surface area contributed by atoms with Crippen LogP contribution in [0.4, 0.5) is 10.5 Å². The molecule has 7 heteroatoms. The van der Waals surface area contributed by atoms with Gasteiger partial charge in [-0.1, -0.05) is 17.7 Å². The van der Waals surface area contributed by atoms with E-state index in [4.69, 9.17) is 16.3 Å². The first-order valence-corrected chi connectivity index (χ1v) is 6.91. The Hall–Kier alpha value is -2.21. The summed E-state index contributed by atoms with van der Waals surface area (Å²) in [5.74, 6) is 0.452. The zero-order valence-corrected chi connectivity index (χ0v) is 12.4. The predicted molar refractivity (Wildman–Crippen MR) is 81.9 cm³/mol. The van der Waals surface area contributed by atoms with Gasteiger partial charge in [-0.15, -0.1) is 0 Å². The van der Waals surface area contributed by atoms with Gasteiger partial charge >= 0.3 is 6.03 Å². The maximum atomic E-state index is 11.8. The molecule has 0 aliphatic rings. The van der Waals surface area contributed by atoms with Crippen LogP contribution in [-0.4, -0.2) is 29.2 Å². The third-order valence-corrected chi connectivity index (χ3v) is 3.15. The van der Waals surface area contributed by atoms with Crippen LogP contribution >= 0.6 is 11.6 Å². The van der Waals surface area contributed by atoms with E-state index in [1.165, 1.54) is 7.11 Å². The van der Waals surface area contributed by atoms with Crippen molar-refractivity contribution in [3.8, 4) is 5.75 Å². The summed E-state index contributed by atoms with van der Waals surface area (Å²) in [6, 6.07) is 4.89. The lowest BCUT2D eigenvalue weighted by molar-refractivity contribution is 0.251. The number of benzene rings is 1. The molecule has 21 heavy (non-hydrogen) atoms. The number of nitrogens with one attached hydrogen (secondary N) is 2. The van der Waals surface area contributed by atoms with Gasteiger partial charge in [0.1, 0.15) is 0 Å². The molecule has 0 radical (unpaired) electrons. The fourth-order valence-electron chi connectivity index (χ4n) is 1.86. The van der Waals surface area contributed by atoms with Crippen molar-refractivity contribution in [1.29, 1.82) is 0 Å². The zero-order valence-electron chi connectivity index (χ0n) is 11.7. The van der Waals surface area contributed by atoms with Crippen LogP contribution < -0.4 is 15.4 Å². The molecule has 2 rings (SSSR count). The number of aryl methyl sites for hydroxylation is 1. The number of anilines is 1. The molecule has 0 fully saturated rings. The van der Waals surface area contributed by atoms with E-state index < -0.39 is 0 Å². The second-order valence-corrected chi connectivity index (χ2v) is 4.76. The van der Waals surface area contributed by atoms with Crippen molar-refractivity contribution >= 4 is 23.3 Å². The molecule has 0 saturated heterocycles. The van der Waals surface area contributed by atoms with Gasteiger partial charge in [-0.05, 0) is 18.6 Å². The highest BCUT2D eigenvalue weighted by Crippen LogP contribution is 2.32. The molecular weight excluding hydrogens is 292 g/mol. The summed E-state index contributed by atoms with van der Waals surface area (Å²) in [6.07, 6.45) is 6.18. The standard InChI is InChI=1S/C14H17ClN4O2/c1-21-13-11(15)4-2-5-12(13)18-14(20)17-6-3-8-19-9-7-16-10-19/h2,4-5,7,9-10H,3,6,8H2,1H3,(H2,17,18,20). The Morgan fingerprint density at radius 3 is 3.05 bits per heavy atom. The Balaban J connectivity index is 1.78. The highest BCUT2D eigenvalue weighted by molar-refractivity contribution is 6.32. The first kappa shape index (κ1) is 15.2. The molecule has 0 aliphatic heterocycles. The third-order valence-electron chi connectivity index (χ3n) is 2.86. The van der Waals surface area contributed by atoms with Crippen molar-refractivity contribution in [3.05, 3.63) is 41.9 Å². The lowest BCUT2D eigenvalue weighted by atomic mass is 10.3. The number of aromatic nitrogens is 2. The number of hydrogen-bond acceptors (Lipinski definition) is 3. The van der Waals surface area contributed by atoms with Gasteiger partial charge in [0.15, 0.2) is 5.75 Å². The number of urea groups is 1. The van der Waals surface area contributed by atoms with Crippen molar-refractivity contribution in [2.24, 2.45) is 0 Å². The molecule has 0 aliphatic carbocycles. The Bertz CT molecular complexity index is 587. The normalized spacial score (nSPS) is 10.2. The van der Waals surface area contributed by atoms with Crippen molar-refractivity contribution in [3.63, 3.8) is 0 Å². The maximum Gasteiger partial charge on any atom is 0.319 e. The molecule has 112 valence electrons. The van der Waals surface area contributed by atoms with Crippen LogP contribution in [0.25, 0.3) is 0 Å². The first-order chi connectivity index (χ1) is 10.2. The molecule has 2 aromatic rings. The summed E-state index contributed by atoms with van der Waals surface area (Å²) in [7, 11) is 1.51. The summed E-state index contributed by atoms with van der Waals surface area (Å²) >= 11 is 5.99. The fraction of sp³-hybridized carbons (Fsp3) is 0.286. The number of halogens is 1. The smallest absolute Gasteiger partial charge is 0.319 e. The molecule has 0 spiro atoms. The highest BCUT2D eigenvalue weighted by Gasteiger charge is 2.09. The second-order valence-electron chi connectivity index (χ2n) is 4.36. The van der Waals surface area contributed by atoms with Gasteiger partial charge in [-0.3, -0.25) is 0 Å². The zero-order chi connectivity index (χ0) is 15.1. The van der Waals surface area contributed by atoms with Crippen molar-refractivity contribution in [2.75, 3.05) is 19.0 Å². The molecule has 0 atom stereocenters. The summed E-state index contributed by atoms with van der Waals surface area (Å²) in [5, 5.41) is 5.95. The van der Waals surface area contributed by atoms with E-state index in [1.54, 1.807) is 30.7 Å². The van der Waals surface area contributed by atoms with Gasteiger partial charge in [-0.2, -0.15) is 0 Å². The molecule has 2 N–H and O–H groups in total. The number of nitrogens with zero attached hydrogens (tertiary/aromatic N) is 2. The Morgan fingerprint density at radius 2 is 2.33 bits per heavy atom. The number of ether oxygens (including phenoxy) is 1. The van der Waals surface area contributed by atoms with E-state index in [0.717, 1.165) is 13.0 Å². The molecule has 2 amide bonds. The monoisotopic (exact) mass is 308 g/mol. The SMILES string of the molecule is COc1c(Cl)cccc1NC(=O)NCCCn1ccnc1. The minimum Gasteiger partial charge on any atom is -0.493 e.